The second-order valence-corrected chi connectivity index (χ2v) is 4.61. The van der Waals surface area contributed by atoms with E-state index in [1.54, 1.807) is 24.3 Å². The largest absolute Gasteiger partial charge is 0.482 e. The van der Waals surface area contributed by atoms with Crippen LogP contribution in [0, 0.1) is 0 Å². The zero-order valence-electron chi connectivity index (χ0n) is 11.9. The summed E-state index contributed by atoms with van der Waals surface area (Å²) in [7, 11) is 0. The summed E-state index contributed by atoms with van der Waals surface area (Å²) in [5, 5.41) is 8.64. The van der Waals surface area contributed by atoms with Crippen molar-refractivity contribution in [3.05, 3.63) is 65.7 Å². The molecule has 22 heavy (non-hydrogen) atoms. The van der Waals surface area contributed by atoms with Crippen LogP contribution >= 0.6 is 0 Å². The third-order valence-electron chi connectivity index (χ3n) is 2.90. The van der Waals surface area contributed by atoms with Crippen molar-refractivity contribution in [3.63, 3.8) is 0 Å². The maximum Gasteiger partial charge on any atom is 0.341 e. The molecule has 2 aromatic carbocycles. The smallest absolute Gasteiger partial charge is 0.341 e. The van der Waals surface area contributed by atoms with Crippen LogP contribution in [-0.4, -0.2) is 23.7 Å². The molecular weight excluding hydrogens is 284 g/mol. The molecule has 0 unspecified atom stereocenters. The van der Waals surface area contributed by atoms with E-state index in [0.717, 1.165) is 5.56 Å². The van der Waals surface area contributed by atoms with Crippen LogP contribution in [-0.2, 0) is 27.4 Å². The molecule has 0 aliphatic rings. The lowest BCUT2D eigenvalue weighted by molar-refractivity contribution is -0.144. The minimum absolute atomic E-state index is 0.0304. The topological polar surface area (TPSA) is 72.8 Å². The standard InChI is InChI=1S/C17H16O5/c18-16(19)12-21-15-9-5-4-8-14(15)10-17(20)22-11-13-6-2-1-3-7-13/h1-9H,10-12H2,(H,18,19). The highest BCUT2D eigenvalue weighted by atomic mass is 16.5. The summed E-state index contributed by atoms with van der Waals surface area (Å²) < 4.78 is 10.4. The molecule has 0 spiro atoms. The molecule has 0 aliphatic carbocycles. The fraction of sp³-hybridized carbons (Fsp3) is 0.176. The van der Waals surface area contributed by atoms with Gasteiger partial charge in [-0.3, -0.25) is 4.79 Å². The lowest BCUT2D eigenvalue weighted by Gasteiger charge is -2.10. The minimum atomic E-state index is -1.07. The zero-order chi connectivity index (χ0) is 15.8. The van der Waals surface area contributed by atoms with Crippen LogP contribution in [0.5, 0.6) is 5.75 Å². The van der Waals surface area contributed by atoms with Gasteiger partial charge in [-0.25, -0.2) is 4.79 Å². The summed E-state index contributed by atoms with van der Waals surface area (Å²) in [5.41, 5.74) is 1.51. The van der Waals surface area contributed by atoms with Crippen LogP contribution in [0.25, 0.3) is 0 Å². The van der Waals surface area contributed by atoms with Crippen LogP contribution in [0.15, 0.2) is 54.6 Å². The molecule has 5 nitrogen and oxygen atoms in total. The SMILES string of the molecule is O=C(O)COc1ccccc1CC(=O)OCc1ccccc1. The van der Waals surface area contributed by atoms with Crippen LogP contribution in [0.2, 0.25) is 0 Å². The fourth-order valence-corrected chi connectivity index (χ4v) is 1.87. The fourth-order valence-electron chi connectivity index (χ4n) is 1.87. The van der Waals surface area contributed by atoms with Crippen molar-refractivity contribution in [2.75, 3.05) is 6.61 Å². The van der Waals surface area contributed by atoms with Crippen molar-refractivity contribution in [3.8, 4) is 5.75 Å². The summed E-state index contributed by atoms with van der Waals surface area (Å²) in [6.45, 7) is -0.242. The Balaban J connectivity index is 1.92. The highest BCUT2D eigenvalue weighted by Gasteiger charge is 2.11. The Bertz CT molecular complexity index is 637. The molecular formula is C17H16O5. The summed E-state index contributed by atoms with van der Waals surface area (Å²) >= 11 is 0. The van der Waals surface area contributed by atoms with E-state index in [1.165, 1.54) is 0 Å². The van der Waals surface area contributed by atoms with Crippen molar-refractivity contribution in [2.45, 2.75) is 13.0 Å². The van der Waals surface area contributed by atoms with Crippen molar-refractivity contribution in [2.24, 2.45) is 0 Å². The Kier molecular flexibility index (Phi) is 5.54. The number of aliphatic carboxylic acids is 1. The molecule has 0 amide bonds. The molecule has 2 rings (SSSR count). The molecule has 0 fully saturated rings. The molecule has 0 atom stereocenters. The van der Waals surface area contributed by atoms with Crippen LogP contribution in [0.1, 0.15) is 11.1 Å². The first kappa shape index (κ1) is 15.6. The van der Waals surface area contributed by atoms with E-state index in [0.29, 0.717) is 11.3 Å². The molecule has 0 bridgehead atoms. The van der Waals surface area contributed by atoms with Gasteiger partial charge in [0.2, 0.25) is 0 Å². The quantitative estimate of drug-likeness (QED) is 0.795. The first-order chi connectivity index (χ1) is 10.6. The van der Waals surface area contributed by atoms with Crippen LogP contribution < -0.4 is 4.74 Å². The van der Waals surface area contributed by atoms with Crippen molar-refractivity contribution in [1.82, 2.24) is 0 Å². The number of carboxylic acid groups (broad SMARTS) is 1. The number of hydrogen-bond acceptors (Lipinski definition) is 4. The van der Waals surface area contributed by atoms with E-state index >= 15 is 0 Å². The second kappa shape index (κ2) is 7.83. The number of esters is 1. The number of carboxylic acids is 1. The number of benzene rings is 2. The summed E-state index contributed by atoms with van der Waals surface area (Å²) in [6, 6.07) is 16.2. The predicted molar refractivity (Wildman–Crippen MR) is 79.5 cm³/mol. The lowest BCUT2D eigenvalue weighted by atomic mass is 10.1. The van der Waals surface area contributed by atoms with E-state index in [4.69, 9.17) is 14.6 Å². The number of carbonyl (C=O) groups excluding carboxylic acids is 1. The Labute approximate surface area is 128 Å². The maximum atomic E-state index is 11.9. The molecule has 5 heteroatoms. The second-order valence-electron chi connectivity index (χ2n) is 4.61. The van der Waals surface area contributed by atoms with Crippen molar-refractivity contribution >= 4 is 11.9 Å². The number of carbonyl (C=O) groups is 2. The molecule has 0 saturated heterocycles. The molecule has 0 heterocycles. The highest BCUT2D eigenvalue weighted by molar-refractivity contribution is 5.74. The van der Waals surface area contributed by atoms with Gasteiger partial charge in [-0.1, -0.05) is 48.5 Å². The number of rotatable bonds is 7. The van der Waals surface area contributed by atoms with Gasteiger partial charge in [0, 0.05) is 5.56 Å². The third kappa shape index (κ3) is 4.94. The molecule has 2 aromatic rings. The van der Waals surface area contributed by atoms with E-state index in [9.17, 15) is 9.59 Å². The molecule has 0 radical (unpaired) electrons. The van der Waals surface area contributed by atoms with Crippen LogP contribution in [0.3, 0.4) is 0 Å². The van der Waals surface area contributed by atoms with Gasteiger partial charge < -0.3 is 14.6 Å². The zero-order valence-corrected chi connectivity index (χ0v) is 11.9. The van der Waals surface area contributed by atoms with E-state index < -0.39 is 18.5 Å². The van der Waals surface area contributed by atoms with E-state index in [-0.39, 0.29) is 13.0 Å². The summed E-state index contributed by atoms with van der Waals surface area (Å²) in [5.74, 6) is -1.08. The minimum Gasteiger partial charge on any atom is -0.482 e. The monoisotopic (exact) mass is 300 g/mol. The average Bonchev–Trinajstić information content (AvgIpc) is 2.53. The van der Waals surface area contributed by atoms with Gasteiger partial charge in [0.25, 0.3) is 0 Å². The molecule has 114 valence electrons. The van der Waals surface area contributed by atoms with Crippen LogP contribution in [0.4, 0.5) is 0 Å². The Morgan fingerprint density at radius 3 is 2.36 bits per heavy atom. The Morgan fingerprint density at radius 1 is 0.955 bits per heavy atom. The molecule has 0 saturated carbocycles. The van der Waals surface area contributed by atoms with Gasteiger partial charge >= 0.3 is 11.9 Å². The molecule has 0 aliphatic heterocycles. The third-order valence-corrected chi connectivity index (χ3v) is 2.90. The first-order valence-corrected chi connectivity index (χ1v) is 6.77. The van der Waals surface area contributed by atoms with Crippen molar-refractivity contribution in [1.29, 1.82) is 0 Å². The van der Waals surface area contributed by atoms with Gasteiger partial charge in [0.15, 0.2) is 6.61 Å². The predicted octanol–water partition coefficient (Wildman–Crippen LogP) is 2.44. The summed E-state index contributed by atoms with van der Waals surface area (Å²) in [4.78, 5) is 22.4. The van der Waals surface area contributed by atoms with E-state index in [1.807, 2.05) is 30.3 Å². The Morgan fingerprint density at radius 2 is 1.64 bits per heavy atom. The number of hydrogen-bond donors (Lipinski definition) is 1. The number of para-hydroxylation sites is 1. The van der Waals surface area contributed by atoms with Gasteiger partial charge in [-0.2, -0.15) is 0 Å². The molecule has 0 aromatic heterocycles. The Hall–Kier alpha value is -2.82. The van der Waals surface area contributed by atoms with Gasteiger partial charge in [0.1, 0.15) is 12.4 Å². The van der Waals surface area contributed by atoms with Gasteiger partial charge in [0.05, 0.1) is 6.42 Å². The van der Waals surface area contributed by atoms with Gasteiger partial charge in [-0.15, -0.1) is 0 Å². The molecule has 1 N–H and O–H groups in total. The van der Waals surface area contributed by atoms with Gasteiger partial charge in [-0.05, 0) is 11.6 Å². The van der Waals surface area contributed by atoms with E-state index in [2.05, 4.69) is 0 Å². The first-order valence-electron chi connectivity index (χ1n) is 6.77. The number of ether oxygens (including phenoxy) is 2. The lowest BCUT2D eigenvalue weighted by Crippen LogP contribution is -2.13. The maximum absolute atomic E-state index is 11.9. The average molecular weight is 300 g/mol. The normalized spacial score (nSPS) is 10.0. The summed E-state index contributed by atoms with van der Waals surface area (Å²) in [6.07, 6.45) is 0.0304. The highest BCUT2D eigenvalue weighted by Crippen LogP contribution is 2.19. The van der Waals surface area contributed by atoms with Crippen molar-refractivity contribution < 1.29 is 24.2 Å².